The normalized spacial score (nSPS) is 27.5. The molecule has 0 saturated heterocycles. The topological polar surface area (TPSA) is 26.0 Å². The summed E-state index contributed by atoms with van der Waals surface area (Å²) < 4.78 is 0. The minimum atomic E-state index is 0.503. The molecule has 0 heterocycles. The summed E-state index contributed by atoms with van der Waals surface area (Å²) in [7, 11) is 0. The van der Waals surface area contributed by atoms with Crippen molar-refractivity contribution in [3.63, 3.8) is 0 Å². The van der Waals surface area contributed by atoms with E-state index in [9.17, 15) is 0 Å². The summed E-state index contributed by atoms with van der Waals surface area (Å²) in [4.78, 5) is 0. The first kappa shape index (κ1) is 14.5. The Morgan fingerprint density at radius 2 is 1.33 bits per heavy atom. The van der Waals surface area contributed by atoms with Gasteiger partial charge in [0.25, 0.3) is 0 Å². The predicted octanol–water partition coefficient (Wildman–Crippen LogP) is 3.58. The first-order chi connectivity index (χ1) is 5.80. The summed E-state index contributed by atoms with van der Waals surface area (Å²) in [6, 6.07) is 0.503. The second kappa shape index (κ2) is 11.0. The minimum absolute atomic E-state index is 0.503. The second-order valence-electron chi connectivity index (χ2n) is 2.93. The fraction of sp³-hybridized carbons (Fsp3) is 1.00. The fourth-order valence-electron chi connectivity index (χ4n) is 1.34. The zero-order valence-electron chi connectivity index (χ0n) is 9.56. The van der Waals surface area contributed by atoms with Gasteiger partial charge < -0.3 is 5.73 Å². The molecule has 0 amide bonds. The van der Waals surface area contributed by atoms with Crippen LogP contribution in [-0.4, -0.2) is 6.04 Å². The molecule has 0 bridgehead atoms. The molecule has 2 unspecified atom stereocenters. The summed E-state index contributed by atoms with van der Waals surface area (Å²) in [5.41, 5.74) is 5.78. The van der Waals surface area contributed by atoms with Crippen molar-refractivity contribution >= 4 is 0 Å². The Labute approximate surface area is 78.7 Å². The molecule has 1 nitrogen and oxygen atoms in total. The Morgan fingerprint density at radius 1 is 0.917 bits per heavy atom. The highest BCUT2D eigenvalue weighted by molar-refractivity contribution is 4.73. The molecule has 1 fully saturated rings. The number of rotatable bonds is 0. The van der Waals surface area contributed by atoms with Crippen molar-refractivity contribution in [2.24, 2.45) is 11.7 Å². The van der Waals surface area contributed by atoms with Crippen LogP contribution in [0.25, 0.3) is 0 Å². The van der Waals surface area contributed by atoms with E-state index >= 15 is 0 Å². The van der Waals surface area contributed by atoms with Gasteiger partial charge in [-0.3, -0.25) is 0 Å². The van der Waals surface area contributed by atoms with E-state index in [1.807, 2.05) is 27.7 Å². The van der Waals surface area contributed by atoms with Gasteiger partial charge in [-0.1, -0.05) is 47.5 Å². The van der Waals surface area contributed by atoms with E-state index in [4.69, 9.17) is 5.73 Å². The van der Waals surface area contributed by atoms with Crippen LogP contribution in [0.15, 0.2) is 0 Å². The Kier molecular flexibility index (Phi) is 13.2. The van der Waals surface area contributed by atoms with Crippen molar-refractivity contribution in [3.8, 4) is 0 Å². The highest BCUT2D eigenvalue weighted by atomic mass is 14.6. The molecule has 1 aliphatic carbocycles. The van der Waals surface area contributed by atoms with Crippen LogP contribution >= 0.6 is 0 Å². The maximum atomic E-state index is 5.78. The molecule has 1 rings (SSSR count). The molecule has 2 atom stereocenters. The molecule has 76 valence electrons. The molecule has 2 N–H and O–H groups in total. The highest BCUT2D eigenvalue weighted by Crippen LogP contribution is 2.21. The van der Waals surface area contributed by atoms with Crippen molar-refractivity contribution in [1.29, 1.82) is 0 Å². The molecule has 12 heavy (non-hydrogen) atoms. The largest absolute Gasteiger partial charge is 0.327 e. The molecule has 0 aromatic heterocycles. The number of hydrogen-bond donors (Lipinski definition) is 1. The molecular formula is C11H27N. The molecule has 1 heteroatoms. The lowest BCUT2D eigenvalue weighted by Crippen LogP contribution is -2.30. The Bertz CT molecular complexity index is 61.4. The standard InChI is InChI=1S/C7H15N.2C2H6/c1-6-4-2-3-5-7(6)8;2*1-2/h6-7H,2-5,8H2,1H3;2*1-2H3. The summed E-state index contributed by atoms with van der Waals surface area (Å²) in [5, 5.41) is 0. The van der Waals surface area contributed by atoms with E-state index in [-0.39, 0.29) is 0 Å². The smallest absolute Gasteiger partial charge is 0.00645 e. The average Bonchev–Trinajstić information content (AvgIpc) is 2.17. The van der Waals surface area contributed by atoms with Crippen LogP contribution in [0.5, 0.6) is 0 Å². The third-order valence-corrected chi connectivity index (χ3v) is 2.18. The Hall–Kier alpha value is -0.0400. The summed E-state index contributed by atoms with van der Waals surface area (Å²) >= 11 is 0. The van der Waals surface area contributed by atoms with E-state index in [1.165, 1.54) is 25.7 Å². The van der Waals surface area contributed by atoms with Crippen LogP contribution < -0.4 is 5.73 Å². The van der Waals surface area contributed by atoms with Crippen molar-refractivity contribution in [3.05, 3.63) is 0 Å². The molecule has 0 aliphatic heterocycles. The van der Waals surface area contributed by atoms with Crippen molar-refractivity contribution in [1.82, 2.24) is 0 Å². The van der Waals surface area contributed by atoms with Crippen LogP contribution in [0.4, 0.5) is 0 Å². The quantitative estimate of drug-likeness (QED) is 0.595. The molecule has 0 spiro atoms. The molecule has 0 radical (unpaired) electrons. The first-order valence-electron chi connectivity index (χ1n) is 5.56. The molecule has 0 aromatic rings. The Morgan fingerprint density at radius 3 is 1.58 bits per heavy atom. The molecular weight excluding hydrogens is 146 g/mol. The maximum Gasteiger partial charge on any atom is 0.00645 e. The monoisotopic (exact) mass is 173 g/mol. The van der Waals surface area contributed by atoms with Crippen LogP contribution in [-0.2, 0) is 0 Å². The summed E-state index contributed by atoms with van der Waals surface area (Å²) in [6.45, 7) is 10.3. The lowest BCUT2D eigenvalue weighted by atomic mass is 9.87. The van der Waals surface area contributed by atoms with E-state index < -0.39 is 0 Å². The molecule has 1 saturated carbocycles. The number of hydrogen-bond acceptors (Lipinski definition) is 1. The SMILES string of the molecule is CC.CC.CC1CCCCC1N. The average molecular weight is 173 g/mol. The van der Waals surface area contributed by atoms with Gasteiger partial charge in [0.05, 0.1) is 0 Å². The lowest BCUT2D eigenvalue weighted by Gasteiger charge is -2.24. The van der Waals surface area contributed by atoms with Gasteiger partial charge >= 0.3 is 0 Å². The maximum absolute atomic E-state index is 5.78. The van der Waals surface area contributed by atoms with Crippen LogP contribution in [0.2, 0.25) is 0 Å². The second-order valence-corrected chi connectivity index (χ2v) is 2.93. The third kappa shape index (κ3) is 6.66. The zero-order valence-corrected chi connectivity index (χ0v) is 9.56. The Balaban J connectivity index is 0. The molecule has 1 aliphatic rings. The van der Waals surface area contributed by atoms with Gasteiger partial charge in [0, 0.05) is 6.04 Å². The predicted molar refractivity (Wildman–Crippen MR) is 58.3 cm³/mol. The van der Waals surface area contributed by atoms with Crippen LogP contribution in [0.3, 0.4) is 0 Å². The van der Waals surface area contributed by atoms with Crippen molar-refractivity contribution in [2.75, 3.05) is 0 Å². The van der Waals surface area contributed by atoms with Crippen LogP contribution in [0.1, 0.15) is 60.3 Å². The van der Waals surface area contributed by atoms with E-state index in [0.29, 0.717) is 6.04 Å². The zero-order chi connectivity index (χ0) is 9.98. The van der Waals surface area contributed by atoms with E-state index in [1.54, 1.807) is 0 Å². The van der Waals surface area contributed by atoms with Gasteiger partial charge in [0.2, 0.25) is 0 Å². The van der Waals surface area contributed by atoms with E-state index in [0.717, 1.165) is 5.92 Å². The summed E-state index contributed by atoms with van der Waals surface area (Å²) in [6.07, 6.45) is 5.35. The van der Waals surface area contributed by atoms with Gasteiger partial charge in [-0.15, -0.1) is 0 Å². The lowest BCUT2D eigenvalue weighted by molar-refractivity contribution is 0.331. The van der Waals surface area contributed by atoms with Crippen molar-refractivity contribution < 1.29 is 0 Å². The van der Waals surface area contributed by atoms with Gasteiger partial charge in [0.15, 0.2) is 0 Å². The first-order valence-corrected chi connectivity index (χ1v) is 5.56. The minimum Gasteiger partial charge on any atom is -0.327 e. The van der Waals surface area contributed by atoms with Gasteiger partial charge in [-0.05, 0) is 18.8 Å². The molecule has 0 aromatic carbocycles. The van der Waals surface area contributed by atoms with Gasteiger partial charge in [-0.25, -0.2) is 0 Å². The fourth-order valence-corrected chi connectivity index (χ4v) is 1.34. The van der Waals surface area contributed by atoms with Crippen LogP contribution in [0, 0.1) is 5.92 Å². The van der Waals surface area contributed by atoms with Crippen molar-refractivity contribution in [2.45, 2.75) is 66.3 Å². The third-order valence-electron chi connectivity index (χ3n) is 2.18. The van der Waals surface area contributed by atoms with Gasteiger partial charge in [0.1, 0.15) is 0 Å². The van der Waals surface area contributed by atoms with Gasteiger partial charge in [-0.2, -0.15) is 0 Å². The van der Waals surface area contributed by atoms with E-state index in [2.05, 4.69) is 6.92 Å². The highest BCUT2D eigenvalue weighted by Gasteiger charge is 2.15. The number of nitrogens with two attached hydrogens (primary N) is 1. The summed E-state index contributed by atoms with van der Waals surface area (Å²) in [5.74, 6) is 0.781.